The van der Waals surface area contributed by atoms with E-state index in [1.54, 1.807) is 36.4 Å². The summed E-state index contributed by atoms with van der Waals surface area (Å²) < 4.78 is 5.49. The predicted molar refractivity (Wildman–Crippen MR) is 133 cm³/mol. The molecule has 2 amide bonds. The number of hydrogen-bond acceptors (Lipinski definition) is 4. The van der Waals surface area contributed by atoms with Gasteiger partial charge in [0.1, 0.15) is 11.4 Å². The second-order valence-corrected chi connectivity index (χ2v) is 8.37. The molecule has 0 saturated carbocycles. The molecule has 3 aromatic rings. The predicted octanol–water partition coefficient (Wildman–Crippen LogP) is 6.06. The zero-order chi connectivity index (χ0) is 23.7. The highest BCUT2D eigenvalue weighted by Crippen LogP contribution is 2.36. The van der Waals surface area contributed by atoms with Crippen molar-refractivity contribution in [2.45, 2.75) is 27.7 Å². The van der Waals surface area contributed by atoms with E-state index in [0.29, 0.717) is 39.9 Å². The summed E-state index contributed by atoms with van der Waals surface area (Å²) in [5.41, 5.74) is 5.34. The number of benzene rings is 3. The summed E-state index contributed by atoms with van der Waals surface area (Å²) in [5, 5.41) is 3.78. The fraction of sp³-hybridized carbons (Fsp3) is 0.185. The van der Waals surface area contributed by atoms with Crippen molar-refractivity contribution in [2.75, 3.05) is 16.8 Å². The van der Waals surface area contributed by atoms with Gasteiger partial charge in [0, 0.05) is 10.7 Å². The summed E-state index contributed by atoms with van der Waals surface area (Å²) in [4.78, 5) is 28.4. The lowest BCUT2D eigenvalue weighted by Crippen LogP contribution is -2.32. The first-order valence-corrected chi connectivity index (χ1v) is 11.1. The summed E-state index contributed by atoms with van der Waals surface area (Å²) in [6.45, 7) is 8.30. The van der Waals surface area contributed by atoms with E-state index in [4.69, 9.17) is 16.3 Å². The van der Waals surface area contributed by atoms with Crippen LogP contribution in [-0.4, -0.2) is 18.4 Å². The number of carbonyl (C=O) groups is 2. The monoisotopic (exact) mass is 460 g/mol. The zero-order valence-corrected chi connectivity index (χ0v) is 19.8. The molecule has 0 radical (unpaired) electrons. The first-order valence-electron chi connectivity index (χ1n) is 10.8. The summed E-state index contributed by atoms with van der Waals surface area (Å²) >= 11 is 6.29. The Kier molecular flexibility index (Phi) is 6.25. The molecule has 1 aliphatic rings. The smallest absolute Gasteiger partial charge is 0.282 e. The molecule has 5 nitrogen and oxygen atoms in total. The van der Waals surface area contributed by atoms with E-state index < -0.39 is 5.91 Å². The molecule has 1 aliphatic heterocycles. The van der Waals surface area contributed by atoms with Gasteiger partial charge in [-0.25, -0.2) is 4.90 Å². The van der Waals surface area contributed by atoms with Gasteiger partial charge in [-0.3, -0.25) is 9.59 Å². The molecule has 0 fully saturated rings. The number of amides is 2. The first-order chi connectivity index (χ1) is 15.8. The summed E-state index contributed by atoms with van der Waals surface area (Å²) in [7, 11) is 0. The van der Waals surface area contributed by atoms with Gasteiger partial charge >= 0.3 is 0 Å². The number of carbonyl (C=O) groups excluding carboxylic acids is 2. The van der Waals surface area contributed by atoms with Crippen molar-refractivity contribution in [3.63, 3.8) is 0 Å². The number of hydrogen-bond donors (Lipinski definition) is 1. The number of anilines is 2. The van der Waals surface area contributed by atoms with Crippen molar-refractivity contribution < 1.29 is 14.3 Å². The van der Waals surface area contributed by atoms with E-state index in [1.807, 2.05) is 52.0 Å². The van der Waals surface area contributed by atoms with Crippen molar-refractivity contribution in [3.05, 3.63) is 93.6 Å². The number of halogens is 1. The largest absolute Gasteiger partial charge is 0.494 e. The maximum absolute atomic E-state index is 13.6. The van der Waals surface area contributed by atoms with Gasteiger partial charge in [0.2, 0.25) is 0 Å². The van der Waals surface area contributed by atoms with E-state index in [2.05, 4.69) is 5.32 Å². The maximum Gasteiger partial charge on any atom is 0.282 e. The fourth-order valence-corrected chi connectivity index (χ4v) is 3.96. The van der Waals surface area contributed by atoms with Crippen LogP contribution in [0.15, 0.2) is 66.4 Å². The van der Waals surface area contributed by atoms with Gasteiger partial charge in [-0.1, -0.05) is 35.9 Å². The van der Waals surface area contributed by atoms with E-state index >= 15 is 0 Å². The molecule has 33 heavy (non-hydrogen) atoms. The molecule has 0 saturated heterocycles. The van der Waals surface area contributed by atoms with Crippen molar-refractivity contribution in [3.8, 4) is 5.75 Å². The van der Waals surface area contributed by atoms with Gasteiger partial charge in [-0.2, -0.15) is 0 Å². The van der Waals surface area contributed by atoms with E-state index in [-0.39, 0.29) is 11.6 Å². The maximum atomic E-state index is 13.6. The van der Waals surface area contributed by atoms with Crippen LogP contribution >= 0.6 is 11.6 Å². The quantitative estimate of drug-likeness (QED) is 0.454. The Hall–Kier alpha value is -3.57. The normalized spacial score (nSPS) is 13.7. The highest BCUT2D eigenvalue weighted by atomic mass is 35.5. The average molecular weight is 461 g/mol. The molecule has 168 valence electrons. The Bertz CT molecular complexity index is 1280. The minimum atomic E-state index is -0.420. The molecule has 0 atom stereocenters. The summed E-state index contributed by atoms with van der Waals surface area (Å²) in [5.74, 6) is -0.123. The van der Waals surface area contributed by atoms with Gasteiger partial charge in [-0.15, -0.1) is 0 Å². The lowest BCUT2D eigenvalue weighted by atomic mass is 9.99. The molecule has 0 aliphatic carbocycles. The van der Waals surface area contributed by atoms with Crippen LogP contribution in [0.1, 0.15) is 29.2 Å². The Balaban J connectivity index is 1.82. The number of rotatable bonds is 6. The van der Waals surface area contributed by atoms with Crippen LogP contribution in [0.4, 0.5) is 11.4 Å². The molecule has 0 spiro atoms. The van der Waals surface area contributed by atoms with Crippen LogP contribution in [0.2, 0.25) is 5.02 Å². The molecule has 0 aromatic heterocycles. The van der Waals surface area contributed by atoms with Crippen LogP contribution < -0.4 is 15.0 Å². The molecule has 4 rings (SSSR count). The molecule has 1 heterocycles. The van der Waals surface area contributed by atoms with Gasteiger partial charge in [0.15, 0.2) is 0 Å². The van der Waals surface area contributed by atoms with Crippen LogP contribution in [0, 0.1) is 20.8 Å². The molecule has 3 aromatic carbocycles. The Labute approximate surface area is 198 Å². The van der Waals surface area contributed by atoms with E-state index in [9.17, 15) is 9.59 Å². The lowest BCUT2D eigenvalue weighted by molar-refractivity contribution is -0.120. The van der Waals surface area contributed by atoms with Gasteiger partial charge in [0.25, 0.3) is 11.8 Å². The van der Waals surface area contributed by atoms with Gasteiger partial charge in [-0.05, 0) is 86.3 Å². The third kappa shape index (κ3) is 4.24. The average Bonchev–Trinajstić information content (AvgIpc) is 3.03. The van der Waals surface area contributed by atoms with Crippen LogP contribution in [0.25, 0.3) is 5.57 Å². The standard InChI is InChI=1S/C27H25ClN2O3/c1-5-33-21-13-11-20(12-14-21)30-26(31)24(19-10-9-16(2)17(3)15-19)25(27(30)32)29-23-8-6-7-22(28)18(23)4/h6-15,29H,5H2,1-4H3. The second kappa shape index (κ2) is 9.12. The molecule has 0 bridgehead atoms. The minimum absolute atomic E-state index is 0.225. The van der Waals surface area contributed by atoms with Crippen molar-refractivity contribution in [1.29, 1.82) is 0 Å². The Morgan fingerprint density at radius 3 is 2.30 bits per heavy atom. The number of nitrogens with one attached hydrogen (secondary N) is 1. The molecular formula is C27H25ClN2O3. The van der Waals surface area contributed by atoms with Crippen molar-refractivity contribution in [2.24, 2.45) is 0 Å². The fourth-order valence-electron chi connectivity index (χ4n) is 3.78. The third-order valence-electron chi connectivity index (χ3n) is 5.81. The Morgan fingerprint density at radius 2 is 1.64 bits per heavy atom. The second-order valence-electron chi connectivity index (χ2n) is 7.96. The van der Waals surface area contributed by atoms with Crippen molar-refractivity contribution in [1.82, 2.24) is 0 Å². The van der Waals surface area contributed by atoms with Crippen molar-refractivity contribution >= 4 is 40.4 Å². The highest BCUT2D eigenvalue weighted by Gasteiger charge is 2.40. The number of ether oxygens (including phenoxy) is 1. The molecular weight excluding hydrogens is 436 g/mol. The summed E-state index contributed by atoms with van der Waals surface area (Å²) in [6.07, 6.45) is 0. The first kappa shape index (κ1) is 22.6. The number of nitrogens with zero attached hydrogens (tertiary/aromatic N) is 1. The minimum Gasteiger partial charge on any atom is -0.494 e. The summed E-state index contributed by atoms with van der Waals surface area (Å²) in [6, 6.07) is 18.1. The zero-order valence-electron chi connectivity index (χ0n) is 19.0. The van der Waals surface area contributed by atoms with Gasteiger partial charge < -0.3 is 10.1 Å². The van der Waals surface area contributed by atoms with E-state index in [0.717, 1.165) is 16.7 Å². The topological polar surface area (TPSA) is 58.6 Å². The third-order valence-corrected chi connectivity index (χ3v) is 6.22. The van der Waals surface area contributed by atoms with Crippen LogP contribution in [0.3, 0.4) is 0 Å². The lowest BCUT2D eigenvalue weighted by Gasteiger charge is -2.16. The Morgan fingerprint density at radius 1 is 0.909 bits per heavy atom. The highest BCUT2D eigenvalue weighted by molar-refractivity contribution is 6.46. The SMILES string of the molecule is CCOc1ccc(N2C(=O)C(Nc3cccc(Cl)c3C)=C(c3ccc(C)c(C)c3)C2=O)cc1. The van der Waals surface area contributed by atoms with Gasteiger partial charge in [0.05, 0.1) is 17.9 Å². The number of aryl methyl sites for hydroxylation is 2. The number of imide groups is 1. The van der Waals surface area contributed by atoms with Crippen LogP contribution in [-0.2, 0) is 9.59 Å². The molecule has 1 N–H and O–H groups in total. The van der Waals surface area contributed by atoms with Crippen LogP contribution in [0.5, 0.6) is 5.75 Å². The molecule has 0 unspecified atom stereocenters. The van der Waals surface area contributed by atoms with E-state index in [1.165, 1.54) is 4.90 Å². The molecule has 6 heteroatoms.